The number of hydrogen-bond acceptors (Lipinski definition) is 5. The van der Waals surface area contributed by atoms with Crippen molar-refractivity contribution in [3.63, 3.8) is 0 Å². The van der Waals surface area contributed by atoms with Crippen LogP contribution in [0.2, 0.25) is 0 Å². The molecule has 1 atom stereocenters. The van der Waals surface area contributed by atoms with Crippen molar-refractivity contribution in [1.29, 1.82) is 0 Å². The minimum atomic E-state index is -0.371. The number of likely N-dealkylation sites (tertiary alicyclic amines) is 1. The first-order valence-corrected chi connectivity index (χ1v) is 9.06. The van der Waals surface area contributed by atoms with Crippen LogP contribution < -0.4 is 16.0 Å². The van der Waals surface area contributed by atoms with E-state index >= 15 is 0 Å². The molecule has 2 aliphatic heterocycles. The molecule has 0 aromatic carbocycles. The number of hydrogen-bond donors (Lipinski definition) is 0. The average molecular weight is 359 g/mol. The maximum absolute atomic E-state index is 12.5. The second-order valence-corrected chi connectivity index (χ2v) is 7.60. The molecule has 1 spiro atoms. The molecule has 0 amide bonds. The molecule has 2 aromatic heterocycles. The molecule has 26 heavy (non-hydrogen) atoms. The van der Waals surface area contributed by atoms with Crippen LogP contribution in [0.1, 0.15) is 30.4 Å². The first-order chi connectivity index (χ1) is 12.4. The standard InChI is InChI=1S/C18H25N5O3/c1-20-11-13(10-19-20)12-23-7-4-5-18(6-8-23)9-14-15(24)21(2)17(25)22(3)16(14)26-18/h10-11H,4-9,12H2,1-3H3. The number of aromatic nitrogens is 4. The molecule has 4 rings (SSSR count). The van der Waals surface area contributed by atoms with E-state index in [0.29, 0.717) is 17.9 Å². The molecular weight excluding hydrogens is 334 g/mol. The monoisotopic (exact) mass is 359 g/mol. The van der Waals surface area contributed by atoms with Crippen LogP contribution in [0.25, 0.3) is 0 Å². The Morgan fingerprint density at radius 1 is 1.15 bits per heavy atom. The van der Waals surface area contributed by atoms with Crippen LogP contribution in [0.5, 0.6) is 5.88 Å². The topological polar surface area (TPSA) is 74.3 Å². The van der Waals surface area contributed by atoms with E-state index in [2.05, 4.69) is 10.00 Å². The fraction of sp³-hybridized carbons (Fsp3) is 0.611. The van der Waals surface area contributed by atoms with E-state index in [1.54, 1.807) is 7.05 Å². The van der Waals surface area contributed by atoms with Gasteiger partial charge in [-0.2, -0.15) is 5.10 Å². The third-order valence-corrected chi connectivity index (χ3v) is 5.67. The number of rotatable bonds is 2. The van der Waals surface area contributed by atoms with Gasteiger partial charge in [0.15, 0.2) is 0 Å². The summed E-state index contributed by atoms with van der Waals surface area (Å²) >= 11 is 0. The zero-order valence-corrected chi connectivity index (χ0v) is 15.6. The van der Waals surface area contributed by atoms with Crippen molar-refractivity contribution in [3.8, 4) is 5.88 Å². The van der Waals surface area contributed by atoms with Crippen molar-refractivity contribution in [2.45, 2.75) is 37.8 Å². The summed E-state index contributed by atoms with van der Waals surface area (Å²) in [5.74, 6) is 0.457. The number of aryl methyl sites for hydroxylation is 1. The Kier molecular flexibility index (Phi) is 4.02. The molecule has 8 heteroatoms. The maximum atomic E-state index is 12.5. The third-order valence-electron chi connectivity index (χ3n) is 5.67. The van der Waals surface area contributed by atoms with Crippen LogP contribution in [0.4, 0.5) is 0 Å². The van der Waals surface area contributed by atoms with E-state index in [1.807, 2.05) is 24.1 Å². The van der Waals surface area contributed by atoms with Gasteiger partial charge >= 0.3 is 5.69 Å². The molecule has 8 nitrogen and oxygen atoms in total. The maximum Gasteiger partial charge on any atom is 0.333 e. The van der Waals surface area contributed by atoms with Gasteiger partial charge in [0.2, 0.25) is 5.88 Å². The van der Waals surface area contributed by atoms with Crippen molar-refractivity contribution in [3.05, 3.63) is 44.4 Å². The molecular formula is C18H25N5O3. The van der Waals surface area contributed by atoms with Crippen LogP contribution in [-0.2, 0) is 34.1 Å². The SMILES string of the molecule is Cn1cc(CN2CCCC3(CC2)Cc2c(n(C)c(=O)n(C)c2=O)O3)cn1. The second kappa shape index (κ2) is 6.12. The molecule has 1 fully saturated rings. The average Bonchev–Trinajstić information content (AvgIpc) is 3.14. The van der Waals surface area contributed by atoms with Crippen molar-refractivity contribution in [1.82, 2.24) is 23.8 Å². The molecule has 4 heterocycles. The van der Waals surface area contributed by atoms with E-state index < -0.39 is 0 Å². The van der Waals surface area contributed by atoms with Crippen LogP contribution in [0.3, 0.4) is 0 Å². The highest BCUT2D eigenvalue weighted by Gasteiger charge is 2.43. The van der Waals surface area contributed by atoms with E-state index in [1.165, 1.54) is 21.7 Å². The van der Waals surface area contributed by atoms with E-state index in [-0.39, 0.29) is 16.9 Å². The van der Waals surface area contributed by atoms with Crippen molar-refractivity contribution in [2.24, 2.45) is 21.1 Å². The lowest BCUT2D eigenvalue weighted by Gasteiger charge is -2.27. The van der Waals surface area contributed by atoms with E-state index in [4.69, 9.17) is 4.74 Å². The Labute approximate surface area is 151 Å². The number of nitrogens with zero attached hydrogens (tertiary/aromatic N) is 5. The number of fused-ring (bicyclic) bond motifs is 1. The highest BCUT2D eigenvalue weighted by molar-refractivity contribution is 5.32. The highest BCUT2D eigenvalue weighted by atomic mass is 16.5. The van der Waals surface area contributed by atoms with Gasteiger partial charge in [0.1, 0.15) is 5.60 Å². The molecule has 0 radical (unpaired) electrons. The van der Waals surface area contributed by atoms with Gasteiger partial charge < -0.3 is 4.74 Å². The zero-order valence-electron chi connectivity index (χ0n) is 15.6. The fourth-order valence-electron chi connectivity index (χ4n) is 4.21. The Morgan fingerprint density at radius 2 is 1.96 bits per heavy atom. The first kappa shape index (κ1) is 17.1. The van der Waals surface area contributed by atoms with Gasteiger partial charge in [-0.25, -0.2) is 4.79 Å². The van der Waals surface area contributed by atoms with Crippen LogP contribution in [0.15, 0.2) is 22.0 Å². The van der Waals surface area contributed by atoms with Gasteiger partial charge in [-0.3, -0.25) is 23.5 Å². The van der Waals surface area contributed by atoms with Gasteiger partial charge in [0.05, 0.1) is 11.8 Å². The van der Waals surface area contributed by atoms with E-state index in [0.717, 1.165) is 38.9 Å². The third kappa shape index (κ3) is 2.78. The molecule has 0 N–H and O–H groups in total. The summed E-state index contributed by atoms with van der Waals surface area (Å²) < 4.78 is 10.7. The summed E-state index contributed by atoms with van der Waals surface area (Å²) in [6, 6.07) is 0. The van der Waals surface area contributed by atoms with Gasteiger partial charge in [-0.15, -0.1) is 0 Å². The summed E-state index contributed by atoms with van der Waals surface area (Å²) in [6.07, 6.45) is 7.28. The van der Waals surface area contributed by atoms with E-state index in [9.17, 15) is 9.59 Å². The van der Waals surface area contributed by atoms with Gasteiger partial charge in [0, 0.05) is 58.8 Å². The van der Waals surface area contributed by atoms with Crippen molar-refractivity contribution < 1.29 is 4.74 Å². The molecule has 2 aromatic rings. The predicted molar refractivity (Wildman–Crippen MR) is 96.3 cm³/mol. The highest BCUT2D eigenvalue weighted by Crippen LogP contribution is 2.38. The molecule has 1 saturated heterocycles. The van der Waals surface area contributed by atoms with Gasteiger partial charge in [-0.05, 0) is 19.4 Å². The summed E-state index contributed by atoms with van der Waals surface area (Å²) in [7, 11) is 5.12. The van der Waals surface area contributed by atoms with Crippen LogP contribution >= 0.6 is 0 Å². The minimum absolute atomic E-state index is 0.226. The molecule has 0 aliphatic carbocycles. The van der Waals surface area contributed by atoms with Gasteiger partial charge in [-0.1, -0.05) is 0 Å². The summed E-state index contributed by atoms with van der Waals surface area (Å²) in [4.78, 5) is 27.1. The lowest BCUT2D eigenvalue weighted by molar-refractivity contribution is 0.0688. The molecule has 2 aliphatic rings. The van der Waals surface area contributed by atoms with Gasteiger partial charge in [0.25, 0.3) is 5.56 Å². The minimum Gasteiger partial charge on any atom is -0.471 e. The lowest BCUT2D eigenvalue weighted by atomic mass is 9.90. The van der Waals surface area contributed by atoms with Crippen molar-refractivity contribution >= 4 is 0 Å². The van der Waals surface area contributed by atoms with Crippen LogP contribution in [-0.4, -0.2) is 42.5 Å². The quantitative estimate of drug-likeness (QED) is 0.765. The second-order valence-electron chi connectivity index (χ2n) is 7.60. The largest absolute Gasteiger partial charge is 0.471 e. The molecule has 1 unspecified atom stereocenters. The smallest absolute Gasteiger partial charge is 0.333 e. The number of ether oxygens (including phenoxy) is 1. The van der Waals surface area contributed by atoms with Crippen LogP contribution in [0, 0.1) is 0 Å². The Hall–Kier alpha value is -2.35. The Morgan fingerprint density at radius 3 is 2.69 bits per heavy atom. The predicted octanol–water partition coefficient (Wildman–Crippen LogP) is 0.177. The lowest BCUT2D eigenvalue weighted by Crippen LogP contribution is -2.38. The fourth-order valence-corrected chi connectivity index (χ4v) is 4.21. The summed E-state index contributed by atoms with van der Waals surface area (Å²) in [6.45, 7) is 2.77. The molecule has 0 saturated carbocycles. The summed E-state index contributed by atoms with van der Waals surface area (Å²) in [5, 5.41) is 4.24. The normalized spacial score (nSPS) is 23.0. The molecule has 140 valence electrons. The van der Waals surface area contributed by atoms with Crippen molar-refractivity contribution in [2.75, 3.05) is 13.1 Å². The Balaban J connectivity index is 1.54. The summed E-state index contributed by atoms with van der Waals surface area (Å²) in [5.41, 5.74) is 0.906. The first-order valence-electron chi connectivity index (χ1n) is 9.06. The zero-order chi connectivity index (χ0) is 18.5. The Bertz CT molecular complexity index is 957. The molecule has 0 bridgehead atoms.